The van der Waals surface area contributed by atoms with Crippen LogP contribution in [0.4, 0.5) is 10.1 Å². The molecule has 0 aliphatic carbocycles. The predicted octanol–water partition coefficient (Wildman–Crippen LogP) is 3.93. The summed E-state index contributed by atoms with van der Waals surface area (Å²) in [5.74, 6) is -1.09. The number of hydrogen-bond donors (Lipinski definition) is 1. The van der Waals surface area contributed by atoms with Gasteiger partial charge in [-0.1, -0.05) is 12.1 Å². The molecule has 1 saturated heterocycles. The molecule has 164 valence electrons. The number of nitro groups is 1. The lowest BCUT2D eigenvalue weighted by Gasteiger charge is -2.31. The highest BCUT2D eigenvalue weighted by atomic mass is 32.2. The SMILES string of the molecule is CSc1ccc([N+](=O)[O-])c(C(=O)N2CCC(C(=O)NCc3ccc(C)c(F)c3)CC2)c1. The molecule has 0 radical (unpaired) electrons. The third kappa shape index (κ3) is 5.41. The Bertz CT molecular complexity index is 1010. The molecule has 2 amide bonds. The number of carbonyl (C=O) groups excluding carboxylic acids is 2. The van der Waals surface area contributed by atoms with E-state index < -0.39 is 10.8 Å². The zero-order chi connectivity index (χ0) is 22.5. The van der Waals surface area contributed by atoms with Crippen LogP contribution in [0.3, 0.4) is 0 Å². The molecule has 0 aromatic heterocycles. The van der Waals surface area contributed by atoms with Crippen LogP contribution < -0.4 is 5.32 Å². The molecule has 1 aliphatic heterocycles. The van der Waals surface area contributed by atoms with Gasteiger partial charge in [-0.15, -0.1) is 11.8 Å². The quantitative estimate of drug-likeness (QED) is 0.413. The molecule has 0 atom stereocenters. The number of amides is 2. The van der Waals surface area contributed by atoms with Gasteiger partial charge in [-0.2, -0.15) is 0 Å². The van der Waals surface area contributed by atoms with Gasteiger partial charge in [-0.25, -0.2) is 4.39 Å². The van der Waals surface area contributed by atoms with Crippen LogP contribution in [0.5, 0.6) is 0 Å². The van der Waals surface area contributed by atoms with Crippen molar-refractivity contribution in [2.24, 2.45) is 5.92 Å². The number of likely N-dealkylation sites (tertiary alicyclic amines) is 1. The summed E-state index contributed by atoms with van der Waals surface area (Å²) in [6.07, 6.45) is 2.77. The number of carbonyl (C=O) groups is 2. The first-order valence-electron chi connectivity index (χ1n) is 9.94. The molecule has 7 nitrogen and oxygen atoms in total. The Kier molecular flexibility index (Phi) is 7.27. The van der Waals surface area contributed by atoms with Crippen molar-refractivity contribution in [3.8, 4) is 0 Å². The summed E-state index contributed by atoms with van der Waals surface area (Å²) >= 11 is 1.41. The molecule has 2 aromatic carbocycles. The Morgan fingerprint density at radius 3 is 2.55 bits per heavy atom. The number of thioether (sulfide) groups is 1. The molecule has 3 rings (SSSR count). The van der Waals surface area contributed by atoms with E-state index in [4.69, 9.17) is 0 Å². The number of nitro benzene ring substituents is 1. The Balaban J connectivity index is 1.59. The summed E-state index contributed by atoms with van der Waals surface area (Å²) in [5.41, 5.74) is 1.09. The lowest BCUT2D eigenvalue weighted by molar-refractivity contribution is -0.385. The number of nitrogens with zero attached hydrogens (tertiary/aromatic N) is 2. The monoisotopic (exact) mass is 445 g/mol. The fraction of sp³-hybridized carbons (Fsp3) is 0.364. The summed E-state index contributed by atoms with van der Waals surface area (Å²) < 4.78 is 13.6. The summed E-state index contributed by atoms with van der Waals surface area (Å²) in [7, 11) is 0. The van der Waals surface area contributed by atoms with Crippen molar-refractivity contribution < 1.29 is 18.9 Å². The lowest BCUT2D eigenvalue weighted by Crippen LogP contribution is -2.43. The van der Waals surface area contributed by atoms with E-state index in [2.05, 4.69) is 5.32 Å². The number of halogens is 1. The van der Waals surface area contributed by atoms with Gasteiger partial charge in [0, 0.05) is 36.5 Å². The molecular formula is C22H24FN3O4S. The fourth-order valence-electron chi connectivity index (χ4n) is 3.57. The van der Waals surface area contributed by atoms with Crippen LogP contribution in [-0.2, 0) is 11.3 Å². The van der Waals surface area contributed by atoms with Gasteiger partial charge in [-0.3, -0.25) is 19.7 Å². The smallest absolute Gasteiger partial charge is 0.282 e. The molecule has 1 fully saturated rings. The van der Waals surface area contributed by atoms with Crippen LogP contribution in [0.15, 0.2) is 41.3 Å². The molecular weight excluding hydrogens is 421 g/mol. The second-order valence-corrected chi connectivity index (χ2v) is 8.39. The van der Waals surface area contributed by atoms with Crippen LogP contribution in [-0.4, -0.2) is 41.0 Å². The lowest BCUT2D eigenvalue weighted by atomic mass is 9.95. The summed E-state index contributed by atoms with van der Waals surface area (Å²) in [6.45, 7) is 2.61. The maximum absolute atomic E-state index is 13.6. The Morgan fingerprint density at radius 1 is 1.23 bits per heavy atom. The van der Waals surface area contributed by atoms with Crippen molar-refractivity contribution in [1.29, 1.82) is 0 Å². The number of rotatable bonds is 6. The number of benzene rings is 2. The minimum atomic E-state index is -0.550. The average molecular weight is 446 g/mol. The van der Waals surface area contributed by atoms with Crippen molar-refractivity contribution in [3.05, 3.63) is 69.0 Å². The van der Waals surface area contributed by atoms with Gasteiger partial charge >= 0.3 is 0 Å². The highest BCUT2D eigenvalue weighted by molar-refractivity contribution is 7.98. The van der Waals surface area contributed by atoms with Gasteiger partial charge in [-0.05, 0) is 55.3 Å². The highest BCUT2D eigenvalue weighted by Gasteiger charge is 2.30. The normalized spacial score (nSPS) is 14.4. The maximum atomic E-state index is 13.6. The van der Waals surface area contributed by atoms with Crippen LogP contribution in [0.2, 0.25) is 0 Å². The molecule has 1 heterocycles. The zero-order valence-electron chi connectivity index (χ0n) is 17.4. The van der Waals surface area contributed by atoms with Crippen molar-refractivity contribution in [1.82, 2.24) is 10.2 Å². The second kappa shape index (κ2) is 9.91. The third-order valence-electron chi connectivity index (χ3n) is 5.49. The van der Waals surface area contributed by atoms with E-state index in [0.29, 0.717) is 37.1 Å². The highest BCUT2D eigenvalue weighted by Crippen LogP contribution is 2.28. The van der Waals surface area contributed by atoms with E-state index in [1.54, 1.807) is 36.1 Å². The standard InChI is InChI=1S/C22H24FN3O4S/c1-14-3-4-15(11-19(14)23)13-24-21(27)16-7-9-25(10-8-16)22(28)18-12-17(31-2)5-6-20(18)26(29)30/h3-6,11-12,16H,7-10,13H2,1-2H3,(H,24,27). The Labute approximate surface area is 184 Å². The third-order valence-corrected chi connectivity index (χ3v) is 6.21. The Morgan fingerprint density at radius 2 is 1.94 bits per heavy atom. The van der Waals surface area contributed by atoms with Gasteiger partial charge in [0.1, 0.15) is 11.4 Å². The number of piperidine rings is 1. The van der Waals surface area contributed by atoms with Crippen molar-refractivity contribution in [3.63, 3.8) is 0 Å². The van der Waals surface area contributed by atoms with E-state index in [9.17, 15) is 24.1 Å². The summed E-state index contributed by atoms with van der Waals surface area (Å²) in [4.78, 5) is 38.5. The fourth-order valence-corrected chi connectivity index (χ4v) is 4.01. The molecule has 9 heteroatoms. The van der Waals surface area contributed by atoms with E-state index in [0.717, 1.165) is 4.90 Å². The van der Waals surface area contributed by atoms with Crippen LogP contribution in [0, 0.1) is 28.8 Å². The number of hydrogen-bond acceptors (Lipinski definition) is 5. The second-order valence-electron chi connectivity index (χ2n) is 7.51. The first kappa shape index (κ1) is 22.7. The largest absolute Gasteiger partial charge is 0.352 e. The molecule has 0 unspecified atom stereocenters. The minimum absolute atomic E-state index is 0.0705. The average Bonchev–Trinajstić information content (AvgIpc) is 2.78. The predicted molar refractivity (Wildman–Crippen MR) is 116 cm³/mol. The molecule has 1 N–H and O–H groups in total. The summed E-state index contributed by atoms with van der Waals surface area (Å²) in [6, 6.07) is 9.38. The number of nitrogens with one attached hydrogen (secondary N) is 1. The first-order chi connectivity index (χ1) is 14.8. The van der Waals surface area contributed by atoms with Crippen molar-refractivity contribution in [2.45, 2.75) is 31.2 Å². The van der Waals surface area contributed by atoms with E-state index >= 15 is 0 Å². The van der Waals surface area contributed by atoms with Crippen LogP contribution >= 0.6 is 11.8 Å². The first-order valence-corrected chi connectivity index (χ1v) is 11.2. The molecule has 0 saturated carbocycles. The Hall–Kier alpha value is -2.94. The van der Waals surface area contributed by atoms with E-state index in [1.807, 2.05) is 6.26 Å². The van der Waals surface area contributed by atoms with Gasteiger partial charge in [0.2, 0.25) is 5.91 Å². The summed E-state index contributed by atoms with van der Waals surface area (Å²) in [5, 5.41) is 14.2. The molecule has 1 aliphatic rings. The van der Waals surface area contributed by atoms with Crippen LogP contribution in [0.1, 0.15) is 34.3 Å². The van der Waals surface area contributed by atoms with Gasteiger partial charge in [0.05, 0.1) is 4.92 Å². The maximum Gasteiger partial charge on any atom is 0.282 e. The van der Waals surface area contributed by atoms with Gasteiger partial charge in [0.25, 0.3) is 11.6 Å². The number of aryl methyl sites for hydroxylation is 1. The van der Waals surface area contributed by atoms with E-state index in [-0.39, 0.29) is 35.4 Å². The molecule has 31 heavy (non-hydrogen) atoms. The minimum Gasteiger partial charge on any atom is -0.352 e. The topological polar surface area (TPSA) is 92.6 Å². The van der Waals surface area contributed by atoms with Gasteiger partial charge in [0.15, 0.2) is 0 Å². The van der Waals surface area contributed by atoms with E-state index in [1.165, 1.54) is 23.9 Å². The molecule has 2 aromatic rings. The van der Waals surface area contributed by atoms with Crippen molar-refractivity contribution in [2.75, 3.05) is 19.3 Å². The molecule has 0 spiro atoms. The zero-order valence-corrected chi connectivity index (χ0v) is 18.2. The van der Waals surface area contributed by atoms with Gasteiger partial charge < -0.3 is 10.2 Å². The molecule has 0 bridgehead atoms. The van der Waals surface area contributed by atoms with Crippen molar-refractivity contribution >= 4 is 29.3 Å². The van der Waals surface area contributed by atoms with Crippen LogP contribution in [0.25, 0.3) is 0 Å².